The number of nitrogens with zero attached hydrogens (tertiary/aromatic N) is 2. The number of rotatable bonds is 9. The van der Waals surface area contributed by atoms with E-state index in [1.807, 2.05) is 19.2 Å². The largest absolute Gasteiger partial charge is 0.495 e. The van der Waals surface area contributed by atoms with Gasteiger partial charge in [0.2, 0.25) is 0 Å². The highest BCUT2D eigenvalue weighted by Crippen LogP contribution is 2.30. The molecular formula is C20H32N4O2. The number of hydrogen-bond donors (Lipinski definition) is 2. The number of methoxy groups -OCH3 is 1. The van der Waals surface area contributed by atoms with Gasteiger partial charge in [-0.05, 0) is 43.7 Å². The summed E-state index contributed by atoms with van der Waals surface area (Å²) in [5, 5.41) is 6.93. The van der Waals surface area contributed by atoms with Crippen LogP contribution in [0.15, 0.2) is 29.3 Å². The molecule has 1 atom stereocenters. The first-order chi connectivity index (χ1) is 12.8. The minimum atomic E-state index is 0.386. The van der Waals surface area contributed by atoms with E-state index >= 15 is 0 Å². The van der Waals surface area contributed by atoms with Crippen LogP contribution in [0.25, 0.3) is 0 Å². The number of aliphatic imine (C=N–C) groups is 1. The van der Waals surface area contributed by atoms with Crippen LogP contribution in [-0.2, 0) is 4.74 Å². The molecule has 3 rings (SSSR count). The third-order valence-corrected chi connectivity index (χ3v) is 4.99. The van der Waals surface area contributed by atoms with E-state index in [0.717, 1.165) is 69.0 Å². The molecule has 26 heavy (non-hydrogen) atoms. The molecule has 1 aromatic rings. The number of nitrogens with one attached hydrogen (secondary N) is 2. The van der Waals surface area contributed by atoms with E-state index in [0.29, 0.717) is 6.04 Å². The van der Waals surface area contributed by atoms with Gasteiger partial charge in [0.1, 0.15) is 5.75 Å². The van der Waals surface area contributed by atoms with Crippen molar-refractivity contribution < 1.29 is 9.47 Å². The molecule has 0 amide bonds. The van der Waals surface area contributed by atoms with Crippen LogP contribution >= 0.6 is 0 Å². The normalized spacial score (nSPS) is 20.3. The van der Waals surface area contributed by atoms with Gasteiger partial charge in [0.15, 0.2) is 5.96 Å². The number of hydrogen-bond acceptors (Lipinski definition) is 4. The molecule has 0 bridgehead atoms. The zero-order valence-corrected chi connectivity index (χ0v) is 16.0. The van der Waals surface area contributed by atoms with E-state index in [1.165, 1.54) is 12.8 Å². The Bertz CT molecular complexity index is 589. The molecule has 1 aliphatic carbocycles. The standard InChI is InChI=1S/C20H32N4O2/c1-21-20(22-11-5-13-26-15-16-8-9-16)23-17-10-12-24(14-17)18-6-3-4-7-19(18)25-2/h3-4,6-7,16-17H,5,8-15H2,1-2H3,(H2,21,22,23). The third-order valence-electron chi connectivity index (χ3n) is 4.99. The Morgan fingerprint density at radius 2 is 2.12 bits per heavy atom. The number of guanidine groups is 1. The van der Waals surface area contributed by atoms with Crippen LogP contribution in [0.5, 0.6) is 5.75 Å². The molecule has 6 nitrogen and oxygen atoms in total. The number of anilines is 1. The summed E-state index contributed by atoms with van der Waals surface area (Å²) in [6.07, 6.45) is 4.79. The highest BCUT2D eigenvalue weighted by atomic mass is 16.5. The van der Waals surface area contributed by atoms with Crippen molar-refractivity contribution in [3.8, 4) is 5.75 Å². The maximum Gasteiger partial charge on any atom is 0.191 e. The smallest absolute Gasteiger partial charge is 0.191 e. The highest BCUT2D eigenvalue weighted by Gasteiger charge is 2.25. The lowest BCUT2D eigenvalue weighted by Gasteiger charge is -2.22. The first-order valence-corrected chi connectivity index (χ1v) is 9.73. The average Bonchev–Trinajstić information content (AvgIpc) is 3.39. The Balaban J connectivity index is 1.37. The summed E-state index contributed by atoms with van der Waals surface area (Å²) >= 11 is 0. The summed E-state index contributed by atoms with van der Waals surface area (Å²) in [6, 6.07) is 8.59. The predicted octanol–water partition coefficient (Wildman–Crippen LogP) is 2.26. The van der Waals surface area contributed by atoms with Crippen molar-refractivity contribution in [2.45, 2.75) is 31.7 Å². The Morgan fingerprint density at radius 1 is 1.27 bits per heavy atom. The zero-order valence-electron chi connectivity index (χ0n) is 16.0. The minimum Gasteiger partial charge on any atom is -0.495 e. The van der Waals surface area contributed by atoms with E-state index in [4.69, 9.17) is 9.47 Å². The summed E-state index contributed by atoms with van der Waals surface area (Å²) in [4.78, 5) is 6.72. The van der Waals surface area contributed by atoms with Gasteiger partial charge in [-0.1, -0.05) is 12.1 Å². The quantitative estimate of drug-likeness (QED) is 0.402. The second-order valence-electron chi connectivity index (χ2n) is 7.12. The molecule has 1 heterocycles. The Labute approximate surface area is 157 Å². The van der Waals surface area contributed by atoms with Crippen LogP contribution in [0, 0.1) is 5.92 Å². The number of ether oxygens (including phenoxy) is 2. The molecule has 2 N–H and O–H groups in total. The fourth-order valence-corrected chi connectivity index (χ4v) is 3.29. The van der Waals surface area contributed by atoms with Crippen LogP contribution in [0.1, 0.15) is 25.7 Å². The van der Waals surface area contributed by atoms with Crippen LogP contribution in [0.4, 0.5) is 5.69 Å². The molecule has 1 saturated carbocycles. The lowest BCUT2D eigenvalue weighted by Crippen LogP contribution is -2.45. The predicted molar refractivity (Wildman–Crippen MR) is 106 cm³/mol. The minimum absolute atomic E-state index is 0.386. The molecule has 6 heteroatoms. The van der Waals surface area contributed by atoms with Crippen LogP contribution in [0.3, 0.4) is 0 Å². The second-order valence-corrected chi connectivity index (χ2v) is 7.12. The van der Waals surface area contributed by atoms with Gasteiger partial charge in [-0.15, -0.1) is 0 Å². The average molecular weight is 361 g/mol. The van der Waals surface area contributed by atoms with Crippen molar-refractivity contribution in [3.05, 3.63) is 24.3 Å². The van der Waals surface area contributed by atoms with E-state index in [1.54, 1.807) is 7.11 Å². The van der Waals surface area contributed by atoms with E-state index in [9.17, 15) is 0 Å². The van der Waals surface area contributed by atoms with Crippen LogP contribution < -0.4 is 20.3 Å². The second kappa shape index (κ2) is 9.67. The van der Waals surface area contributed by atoms with Gasteiger partial charge in [0, 0.05) is 45.9 Å². The third kappa shape index (κ3) is 5.53. The van der Waals surface area contributed by atoms with Gasteiger partial charge in [-0.25, -0.2) is 0 Å². The molecule has 1 aromatic carbocycles. The van der Waals surface area contributed by atoms with Gasteiger partial charge in [0.25, 0.3) is 0 Å². The molecular weight excluding hydrogens is 328 g/mol. The first-order valence-electron chi connectivity index (χ1n) is 9.73. The summed E-state index contributed by atoms with van der Waals surface area (Å²) in [5.74, 6) is 2.65. The highest BCUT2D eigenvalue weighted by molar-refractivity contribution is 5.80. The summed E-state index contributed by atoms with van der Waals surface area (Å²) in [5.41, 5.74) is 1.16. The molecule has 0 aromatic heterocycles. The first kappa shape index (κ1) is 18.8. The Morgan fingerprint density at radius 3 is 2.88 bits per heavy atom. The Kier molecular flexibility index (Phi) is 7.00. The van der Waals surface area contributed by atoms with E-state index in [-0.39, 0.29) is 0 Å². The maximum absolute atomic E-state index is 5.67. The summed E-state index contributed by atoms with van der Waals surface area (Å²) in [6.45, 7) is 4.61. The topological polar surface area (TPSA) is 58.1 Å². The molecule has 0 spiro atoms. The zero-order chi connectivity index (χ0) is 18.2. The van der Waals surface area contributed by atoms with Crippen molar-refractivity contribution in [1.29, 1.82) is 0 Å². The molecule has 2 fully saturated rings. The van der Waals surface area contributed by atoms with E-state index in [2.05, 4.69) is 32.7 Å². The molecule has 1 unspecified atom stereocenters. The van der Waals surface area contributed by atoms with Gasteiger partial charge in [-0.2, -0.15) is 0 Å². The number of benzene rings is 1. The van der Waals surface area contributed by atoms with Crippen LogP contribution in [0.2, 0.25) is 0 Å². The van der Waals surface area contributed by atoms with Gasteiger partial charge in [-0.3, -0.25) is 4.99 Å². The SMILES string of the molecule is CN=C(NCCCOCC1CC1)NC1CCN(c2ccccc2OC)C1. The lowest BCUT2D eigenvalue weighted by molar-refractivity contribution is 0.123. The van der Waals surface area contributed by atoms with Gasteiger partial charge < -0.3 is 25.0 Å². The molecule has 1 aliphatic heterocycles. The van der Waals surface area contributed by atoms with E-state index < -0.39 is 0 Å². The summed E-state index contributed by atoms with van der Waals surface area (Å²) < 4.78 is 11.2. The van der Waals surface area contributed by atoms with Gasteiger partial charge >= 0.3 is 0 Å². The van der Waals surface area contributed by atoms with Crippen molar-refractivity contribution >= 4 is 11.6 Å². The molecule has 0 radical (unpaired) electrons. The molecule has 144 valence electrons. The van der Waals surface area contributed by atoms with Gasteiger partial charge in [0.05, 0.1) is 12.8 Å². The summed E-state index contributed by atoms with van der Waals surface area (Å²) in [7, 11) is 3.55. The monoisotopic (exact) mass is 360 g/mol. The van der Waals surface area contributed by atoms with Crippen molar-refractivity contribution in [2.75, 3.05) is 51.9 Å². The van der Waals surface area contributed by atoms with Crippen molar-refractivity contribution in [2.24, 2.45) is 10.9 Å². The molecule has 1 saturated heterocycles. The van der Waals surface area contributed by atoms with Crippen molar-refractivity contribution in [3.63, 3.8) is 0 Å². The fourth-order valence-electron chi connectivity index (χ4n) is 3.29. The number of para-hydroxylation sites is 2. The lowest BCUT2D eigenvalue weighted by atomic mass is 10.2. The Hall–Kier alpha value is -1.95. The molecule has 2 aliphatic rings. The maximum atomic E-state index is 5.67. The fraction of sp³-hybridized carbons (Fsp3) is 0.650. The van der Waals surface area contributed by atoms with Crippen molar-refractivity contribution in [1.82, 2.24) is 10.6 Å². The van der Waals surface area contributed by atoms with Crippen LogP contribution in [-0.4, -0.2) is 59.0 Å².